The molecular weight excluding hydrogens is 274 g/mol. The second-order valence-corrected chi connectivity index (χ2v) is 7.42. The maximum Gasteiger partial charge on any atom is 0.238 e. The smallest absolute Gasteiger partial charge is 0.238 e. The van der Waals surface area contributed by atoms with E-state index in [9.17, 15) is 8.42 Å². The van der Waals surface area contributed by atoms with Crippen LogP contribution in [0, 0.1) is 12.8 Å². The van der Waals surface area contributed by atoms with E-state index in [4.69, 9.17) is 10.9 Å². The van der Waals surface area contributed by atoms with Gasteiger partial charge >= 0.3 is 0 Å². The molecule has 0 saturated carbocycles. The van der Waals surface area contributed by atoms with Gasteiger partial charge in [0.1, 0.15) is 0 Å². The summed E-state index contributed by atoms with van der Waals surface area (Å²) in [7, 11) is -3.75. The minimum atomic E-state index is -3.75. The summed E-state index contributed by atoms with van der Waals surface area (Å²) < 4.78 is 23.4. The van der Waals surface area contributed by atoms with Crippen molar-refractivity contribution in [3.05, 3.63) is 17.7 Å². The maximum atomic E-state index is 11.7. The maximum absolute atomic E-state index is 11.7. The summed E-state index contributed by atoms with van der Waals surface area (Å²) in [5.74, 6) is 0.588. The van der Waals surface area contributed by atoms with Crippen LogP contribution in [-0.2, 0) is 10.0 Å². The van der Waals surface area contributed by atoms with E-state index in [0.717, 1.165) is 18.7 Å². The van der Waals surface area contributed by atoms with E-state index in [2.05, 4.69) is 18.7 Å². The number of anilines is 2. The lowest BCUT2D eigenvalue weighted by Crippen LogP contribution is -2.41. The molecule has 1 aromatic rings. The number of nitrogen functional groups attached to an aromatic ring is 1. The lowest BCUT2D eigenvalue weighted by Gasteiger charge is -2.39. The molecule has 20 heavy (non-hydrogen) atoms. The van der Waals surface area contributed by atoms with Gasteiger partial charge in [-0.3, -0.25) is 0 Å². The second kappa shape index (κ2) is 5.26. The minimum Gasteiger partial charge on any atom is -0.399 e. The number of piperidine rings is 1. The Morgan fingerprint density at radius 2 is 1.90 bits per heavy atom. The van der Waals surface area contributed by atoms with Gasteiger partial charge < -0.3 is 10.6 Å². The van der Waals surface area contributed by atoms with Gasteiger partial charge in [0.15, 0.2) is 0 Å². The number of hydrogen-bond donors (Lipinski definition) is 2. The molecule has 6 heteroatoms. The molecule has 5 nitrogen and oxygen atoms in total. The van der Waals surface area contributed by atoms with Crippen molar-refractivity contribution in [3.63, 3.8) is 0 Å². The van der Waals surface area contributed by atoms with E-state index < -0.39 is 10.0 Å². The van der Waals surface area contributed by atoms with Crippen LogP contribution < -0.4 is 15.8 Å². The number of sulfonamides is 1. The zero-order valence-electron chi connectivity index (χ0n) is 12.3. The molecule has 2 unspecified atom stereocenters. The van der Waals surface area contributed by atoms with Gasteiger partial charge in [-0.15, -0.1) is 0 Å². The van der Waals surface area contributed by atoms with Crippen LogP contribution >= 0.6 is 0 Å². The van der Waals surface area contributed by atoms with E-state index in [0.29, 0.717) is 23.2 Å². The number of rotatable bonds is 2. The molecule has 1 aromatic carbocycles. The molecule has 0 spiro atoms. The van der Waals surface area contributed by atoms with E-state index in [-0.39, 0.29) is 4.90 Å². The lowest BCUT2D eigenvalue weighted by molar-refractivity contribution is 0.390. The van der Waals surface area contributed by atoms with Crippen LogP contribution in [0.3, 0.4) is 0 Å². The predicted molar refractivity (Wildman–Crippen MR) is 82.2 cm³/mol. The number of primary sulfonamides is 1. The largest absolute Gasteiger partial charge is 0.399 e. The normalized spacial score (nSPS) is 23.9. The molecule has 1 fully saturated rings. The highest BCUT2D eigenvalue weighted by atomic mass is 32.2. The summed E-state index contributed by atoms with van der Waals surface area (Å²) in [6.45, 7) is 7.07. The second-order valence-electron chi connectivity index (χ2n) is 5.89. The monoisotopic (exact) mass is 297 g/mol. The Morgan fingerprint density at radius 1 is 1.25 bits per heavy atom. The van der Waals surface area contributed by atoms with Gasteiger partial charge in [0.05, 0.1) is 4.90 Å². The third-order valence-electron chi connectivity index (χ3n) is 4.09. The summed E-state index contributed by atoms with van der Waals surface area (Å²) in [4.78, 5) is 2.37. The van der Waals surface area contributed by atoms with Crippen molar-refractivity contribution in [2.45, 2.75) is 44.6 Å². The summed E-state index contributed by atoms with van der Waals surface area (Å²) >= 11 is 0. The molecule has 0 radical (unpaired) electrons. The first kappa shape index (κ1) is 15.1. The number of hydrogen-bond acceptors (Lipinski definition) is 4. The highest BCUT2D eigenvalue weighted by molar-refractivity contribution is 7.89. The molecule has 1 heterocycles. The molecule has 112 valence electrons. The van der Waals surface area contributed by atoms with Gasteiger partial charge in [-0.1, -0.05) is 6.92 Å². The first-order valence-electron chi connectivity index (χ1n) is 6.89. The number of nitrogens with zero attached hydrogens (tertiary/aromatic N) is 1. The topological polar surface area (TPSA) is 89.4 Å². The molecule has 0 aliphatic carbocycles. The van der Waals surface area contributed by atoms with Crippen molar-refractivity contribution in [2.24, 2.45) is 11.1 Å². The first-order chi connectivity index (χ1) is 9.20. The molecule has 1 saturated heterocycles. The van der Waals surface area contributed by atoms with E-state index in [1.165, 1.54) is 12.5 Å². The highest BCUT2D eigenvalue weighted by Gasteiger charge is 2.26. The van der Waals surface area contributed by atoms with E-state index in [1.807, 2.05) is 6.07 Å². The fourth-order valence-corrected chi connectivity index (χ4v) is 3.74. The number of benzene rings is 1. The Hall–Kier alpha value is -1.27. The molecule has 4 N–H and O–H groups in total. The molecule has 2 atom stereocenters. The Kier molecular flexibility index (Phi) is 3.97. The number of nitrogens with two attached hydrogens (primary N) is 2. The van der Waals surface area contributed by atoms with Crippen molar-refractivity contribution in [1.82, 2.24) is 0 Å². The van der Waals surface area contributed by atoms with Gasteiger partial charge in [-0.05, 0) is 50.3 Å². The zero-order chi connectivity index (χ0) is 15.1. The van der Waals surface area contributed by atoms with Crippen LogP contribution in [-0.4, -0.2) is 21.0 Å². The SMILES string of the molecule is Cc1c(N2CC(C)CCC2C)cc(N)cc1S(N)(=O)=O. The van der Waals surface area contributed by atoms with Gasteiger partial charge in [-0.25, -0.2) is 13.6 Å². The summed E-state index contributed by atoms with van der Waals surface area (Å²) in [5, 5.41) is 5.29. The van der Waals surface area contributed by atoms with Crippen molar-refractivity contribution in [2.75, 3.05) is 17.2 Å². The van der Waals surface area contributed by atoms with Crippen molar-refractivity contribution < 1.29 is 8.42 Å². The minimum absolute atomic E-state index is 0.123. The van der Waals surface area contributed by atoms with Gasteiger partial charge in [0.25, 0.3) is 0 Å². The third-order valence-corrected chi connectivity index (χ3v) is 5.13. The fourth-order valence-electron chi connectivity index (χ4n) is 2.91. The average molecular weight is 297 g/mol. The summed E-state index contributed by atoms with van der Waals surface area (Å²) in [6.07, 6.45) is 2.29. The Labute approximate surface area is 121 Å². The summed E-state index contributed by atoms with van der Waals surface area (Å²) in [5.41, 5.74) is 7.86. The molecule has 1 aliphatic heterocycles. The van der Waals surface area contributed by atoms with E-state index in [1.54, 1.807) is 6.92 Å². The average Bonchev–Trinajstić information content (AvgIpc) is 2.33. The quantitative estimate of drug-likeness (QED) is 0.815. The first-order valence-corrected chi connectivity index (χ1v) is 8.44. The Bertz CT molecular complexity index is 613. The molecule has 1 aliphatic rings. The molecule has 0 amide bonds. The zero-order valence-corrected chi connectivity index (χ0v) is 13.1. The molecule has 2 rings (SSSR count). The Balaban J connectivity index is 2.54. The van der Waals surface area contributed by atoms with E-state index >= 15 is 0 Å². The highest BCUT2D eigenvalue weighted by Crippen LogP contribution is 2.34. The molecule has 0 bridgehead atoms. The van der Waals surface area contributed by atoms with Crippen molar-refractivity contribution in [1.29, 1.82) is 0 Å². The van der Waals surface area contributed by atoms with Crippen LogP contribution in [0.1, 0.15) is 32.3 Å². The standard InChI is InChI=1S/C14H23N3O2S/c1-9-4-5-10(2)17(8-9)13-6-12(15)7-14(11(13)3)20(16,18)19/h6-7,9-10H,4-5,8,15H2,1-3H3,(H2,16,18,19). The van der Waals surface area contributed by atoms with Gasteiger partial charge in [0, 0.05) is 24.0 Å². The van der Waals surface area contributed by atoms with Crippen LogP contribution in [0.2, 0.25) is 0 Å². The Morgan fingerprint density at radius 3 is 2.50 bits per heavy atom. The van der Waals surface area contributed by atoms with Crippen molar-refractivity contribution in [3.8, 4) is 0 Å². The molecule has 0 aromatic heterocycles. The third kappa shape index (κ3) is 2.91. The van der Waals surface area contributed by atoms with Crippen LogP contribution in [0.25, 0.3) is 0 Å². The fraction of sp³-hybridized carbons (Fsp3) is 0.571. The summed E-state index contributed by atoms with van der Waals surface area (Å²) in [6, 6.07) is 3.66. The van der Waals surface area contributed by atoms with Gasteiger partial charge in [0.2, 0.25) is 10.0 Å². The lowest BCUT2D eigenvalue weighted by atomic mass is 9.94. The van der Waals surface area contributed by atoms with Crippen LogP contribution in [0.4, 0.5) is 11.4 Å². The molecular formula is C14H23N3O2S. The van der Waals surface area contributed by atoms with Gasteiger partial charge in [-0.2, -0.15) is 0 Å². The van der Waals surface area contributed by atoms with Crippen molar-refractivity contribution >= 4 is 21.4 Å². The van der Waals surface area contributed by atoms with Crippen LogP contribution in [0.15, 0.2) is 17.0 Å². The van der Waals surface area contributed by atoms with Crippen LogP contribution in [0.5, 0.6) is 0 Å². The predicted octanol–water partition coefficient (Wildman–Crippen LogP) is 1.85.